The maximum absolute atomic E-state index is 5.17. The predicted molar refractivity (Wildman–Crippen MR) is 71.3 cm³/mol. The third-order valence-corrected chi connectivity index (χ3v) is 4.17. The second-order valence-electron chi connectivity index (χ2n) is 5.64. The van der Waals surface area contributed by atoms with Gasteiger partial charge in [0.05, 0.1) is 0 Å². The molecule has 0 bridgehead atoms. The zero-order valence-electron chi connectivity index (χ0n) is 11.5. The van der Waals surface area contributed by atoms with Gasteiger partial charge in [0.1, 0.15) is 0 Å². The number of ether oxygens (including phenoxy) is 1. The summed E-state index contributed by atoms with van der Waals surface area (Å²) in [5.74, 6) is 0.975. The monoisotopic (exact) mass is 240 g/mol. The molecule has 0 aromatic carbocycles. The van der Waals surface area contributed by atoms with Crippen molar-refractivity contribution in [3.8, 4) is 0 Å². The molecule has 3 heteroatoms. The van der Waals surface area contributed by atoms with Gasteiger partial charge < -0.3 is 10.1 Å². The van der Waals surface area contributed by atoms with Gasteiger partial charge in [-0.1, -0.05) is 13.3 Å². The highest BCUT2D eigenvalue weighted by molar-refractivity contribution is 4.94. The molecule has 2 atom stereocenters. The Bertz CT molecular complexity index is 218. The third kappa shape index (κ3) is 3.94. The summed E-state index contributed by atoms with van der Waals surface area (Å²) in [7, 11) is 1.80. The van der Waals surface area contributed by atoms with Crippen molar-refractivity contribution in [1.82, 2.24) is 10.2 Å². The molecule has 100 valence electrons. The molecule has 2 fully saturated rings. The highest BCUT2D eigenvalue weighted by Gasteiger charge is 2.36. The van der Waals surface area contributed by atoms with Crippen molar-refractivity contribution in [3.05, 3.63) is 0 Å². The molecule has 2 aliphatic rings. The maximum atomic E-state index is 5.17. The molecule has 1 N–H and O–H groups in total. The molecule has 17 heavy (non-hydrogen) atoms. The van der Waals surface area contributed by atoms with Crippen LogP contribution < -0.4 is 5.32 Å². The molecule has 0 amide bonds. The lowest BCUT2D eigenvalue weighted by molar-refractivity contribution is 0.0990. The van der Waals surface area contributed by atoms with Crippen molar-refractivity contribution < 1.29 is 4.74 Å². The van der Waals surface area contributed by atoms with Crippen LogP contribution in [-0.4, -0.2) is 50.3 Å². The summed E-state index contributed by atoms with van der Waals surface area (Å²) in [6.45, 7) is 6.86. The first-order chi connectivity index (χ1) is 8.35. The molecule has 1 saturated carbocycles. The quantitative estimate of drug-likeness (QED) is 0.688. The number of rotatable bonds is 7. The molecular weight excluding hydrogens is 212 g/mol. The Labute approximate surface area is 106 Å². The number of piperazine rings is 1. The van der Waals surface area contributed by atoms with Crippen LogP contribution in [-0.2, 0) is 4.74 Å². The summed E-state index contributed by atoms with van der Waals surface area (Å²) in [5.41, 5.74) is 0. The summed E-state index contributed by atoms with van der Waals surface area (Å²) in [6, 6.07) is 1.53. The fourth-order valence-electron chi connectivity index (χ4n) is 3.00. The lowest BCUT2D eigenvalue weighted by Gasteiger charge is -2.40. The largest absolute Gasteiger partial charge is 0.385 e. The maximum Gasteiger partial charge on any atom is 0.0474 e. The number of hydrogen-bond acceptors (Lipinski definition) is 3. The van der Waals surface area contributed by atoms with Crippen LogP contribution in [0.1, 0.15) is 39.0 Å². The number of methoxy groups -OCH3 is 1. The predicted octanol–water partition coefficient (Wildman–Crippen LogP) is 1.88. The third-order valence-electron chi connectivity index (χ3n) is 4.17. The van der Waals surface area contributed by atoms with Crippen LogP contribution in [0.15, 0.2) is 0 Å². The minimum atomic E-state index is 0.756. The van der Waals surface area contributed by atoms with Crippen LogP contribution in [0, 0.1) is 5.92 Å². The second kappa shape index (κ2) is 6.72. The smallest absolute Gasteiger partial charge is 0.0474 e. The first-order valence-electron chi connectivity index (χ1n) is 7.31. The fraction of sp³-hybridized carbons (Fsp3) is 1.00. The van der Waals surface area contributed by atoms with Crippen LogP contribution in [0.25, 0.3) is 0 Å². The number of nitrogens with zero attached hydrogens (tertiary/aromatic N) is 1. The van der Waals surface area contributed by atoms with Crippen LogP contribution in [0.2, 0.25) is 0 Å². The van der Waals surface area contributed by atoms with Crippen molar-refractivity contribution in [2.45, 2.75) is 51.1 Å². The van der Waals surface area contributed by atoms with Gasteiger partial charge in [-0.15, -0.1) is 0 Å². The number of hydrogen-bond donors (Lipinski definition) is 1. The van der Waals surface area contributed by atoms with E-state index in [2.05, 4.69) is 17.1 Å². The number of nitrogens with one attached hydrogen (secondary N) is 1. The molecule has 2 unspecified atom stereocenters. The van der Waals surface area contributed by atoms with E-state index in [1.165, 1.54) is 51.7 Å². The van der Waals surface area contributed by atoms with Crippen molar-refractivity contribution >= 4 is 0 Å². The Morgan fingerprint density at radius 1 is 1.35 bits per heavy atom. The van der Waals surface area contributed by atoms with Gasteiger partial charge in [-0.3, -0.25) is 4.90 Å². The normalized spacial score (nSPS) is 30.7. The van der Waals surface area contributed by atoms with E-state index in [0.29, 0.717) is 0 Å². The van der Waals surface area contributed by atoms with Crippen LogP contribution in [0.3, 0.4) is 0 Å². The van der Waals surface area contributed by atoms with E-state index in [0.717, 1.165) is 24.6 Å². The van der Waals surface area contributed by atoms with Gasteiger partial charge in [-0.25, -0.2) is 0 Å². The van der Waals surface area contributed by atoms with E-state index in [-0.39, 0.29) is 0 Å². The van der Waals surface area contributed by atoms with Gasteiger partial charge in [-0.2, -0.15) is 0 Å². The molecule has 2 rings (SSSR count). The topological polar surface area (TPSA) is 24.5 Å². The molecule has 1 aliphatic carbocycles. The zero-order chi connectivity index (χ0) is 12.1. The van der Waals surface area contributed by atoms with Gasteiger partial charge >= 0.3 is 0 Å². The summed E-state index contributed by atoms with van der Waals surface area (Å²) in [4.78, 5) is 2.71. The molecule has 1 saturated heterocycles. The first kappa shape index (κ1) is 13.3. The average molecular weight is 240 g/mol. The summed E-state index contributed by atoms with van der Waals surface area (Å²) in [6.07, 6.45) is 6.69. The van der Waals surface area contributed by atoms with Gasteiger partial charge in [0.15, 0.2) is 0 Å². The minimum Gasteiger partial charge on any atom is -0.385 e. The van der Waals surface area contributed by atoms with Crippen molar-refractivity contribution in [2.75, 3.05) is 33.4 Å². The van der Waals surface area contributed by atoms with E-state index < -0.39 is 0 Å². The summed E-state index contributed by atoms with van der Waals surface area (Å²) in [5, 5.41) is 3.76. The molecule has 3 nitrogen and oxygen atoms in total. The Balaban J connectivity index is 1.80. The molecular formula is C14H28N2O. The zero-order valence-corrected chi connectivity index (χ0v) is 11.5. The van der Waals surface area contributed by atoms with E-state index in [4.69, 9.17) is 4.74 Å². The average Bonchev–Trinajstić information content (AvgIpc) is 3.16. The molecule has 0 aromatic rings. The Kier molecular flexibility index (Phi) is 5.26. The van der Waals surface area contributed by atoms with E-state index >= 15 is 0 Å². The molecule has 1 heterocycles. The Morgan fingerprint density at radius 3 is 2.82 bits per heavy atom. The van der Waals surface area contributed by atoms with Gasteiger partial charge in [0, 0.05) is 45.4 Å². The van der Waals surface area contributed by atoms with Crippen molar-refractivity contribution in [1.29, 1.82) is 0 Å². The highest BCUT2D eigenvalue weighted by Crippen LogP contribution is 2.34. The molecule has 0 aromatic heterocycles. The summed E-state index contributed by atoms with van der Waals surface area (Å²) >= 11 is 0. The lowest BCUT2D eigenvalue weighted by atomic mass is 10.0. The standard InChI is InChI=1S/C14H28N2O/c1-3-5-13-10-15-14(12-6-7-12)11-16(13)8-4-9-17-2/h12-15H,3-11H2,1-2H3. The van der Waals surface area contributed by atoms with E-state index in [1.807, 2.05) is 0 Å². The van der Waals surface area contributed by atoms with Crippen molar-refractivity contribution in [2.24, 2.45) is 5.92 Å². The SMILES string of the molecule is CCCC1CNC(C2CC2)CN1CCCOC. The molecule has 0 spiro atoms. The first-order valence-corrected chi connectivity index (χ1v) is 7.31. The van der Waals surface area contributed by atoms with Crippen LogP contribution >= 0.6 is 0 Å². The Morgan fingerprint density at radius 2 is 2.18 bits per heavy atom. The van der Waals surface area contributed by atoms with Crippen LogP contribution in [0.5, 0.6) is 0 Å². The Hall–Kier alpha value is -0.120. The van der Waals surface area contributed by atoms with Gasteiger partial charge in [0.25, 0.3) is 0 Å². The van der Waals surface area contributed by atoms with Gasteiger partial charge in [-0.05, 0) is 31.6 Å². The molecule has 1 aliphatic heterocycles. The van der Waals surface area contributed by atoms with E-state index in [1.54, 1.807) is 7.11 Å². The highest BCUT2D eigenvalue weighted by atomic mass is 16.5. The van der Waals surface area contributed by atoms with Gasteiger partial charge in [0.2, 0.25) is 0 Å². The lowest BCUT2D eigenvalue weighted by Crippen LogP contribution is -2.57. The van der Waals surface area contributed by atoms with Crippen molar-refractivity contribution in [3.63, 3.8) is 0 Å². The van der Waals surface area contributed by atoms with E-state index in [9.17, 15) is 0 Å². The summed E-state index contributed by atoms with van der Waals surface area (Å²) < 4.78 is 5.17. The second-order valence-corrected chi connectivity index (χ2v) is 5.64. The minimum absolute atomic E-state index is 0.756. The van der Waals surface area contributed by atoms with Crippen LogP contribution in [0.4, 0.5) is 0 Å². The fourth-order valence-corrected chi connectivity index (χ4v) is 3.00. The molecule has 0 radical (unpaired) electrons.